The standard InChI is InChI=1S/C14H19N5O2/c20-12-3-2-11(10-17-12)13(21)18-6-8-19(9-7-18)14-15-4-1-5-16-14/h1,4-5,11H,2-3,6-10H2,(H,17,20). The Hall–Kier alpha value is -2.18. The van der Waals surface area contributed by atoms with Crippen molar-refractivity contribution in [2.75, 3.05) is 37.6 Å². The molecular formula is C14H19N5O2. The number of piperazine rings is 1. The average molecular weight is 289 g/mol. The molecule has 21 heavy (non-hydrogen) atoms. The quantitative estimate of drug-likeness (QED) is 0.805. The highest BCUT2D eigenvalue weighted by Gasteiger charge is 2.30. The van der Waals surface area contributed by atoms with Gasteiger partial charge < -0.3 is 15.1 Å². The van der Waals surface area contributed by atoms with Gasteiger partial charge >= 0.3 is 0 Å². The van der Waals surface area contributed by atoms with Crippen molar-refractivity contribution in [2.24, 2.45) is 5.92 Å². The number of rotatable bonds is 2. The summed E-state index contributed by atoms with van der Waals surface area (Å²) in [5, 5.41) is 2.77. The van der Waals surface area contributed by atoms with Gasteiger partial charge in [-0.3, -0.25) is 9.59 Å². The molecule has 0 aromatic carbocycles. The van der Waals surface area contributed by atoms with Crippen molar-refractivity contribution in [3.8, 4) is 0 Å². The number of carbonyl (C=O) groups excluding carboxylic acids is 2. The van der Waals surface area contributed by atoms with Crippen molar-refractivity contribution in [3.63, 3.8) is 0 Å². The zero-order valence-electron chi connectivity index (χ0n) is 11.9. The van der Waals surface area contributed by atoms with Crippen molar-refractivity contribution >= 4 is 17.8 Å². The smallest absolute Gasteiger partial charge is 0.227 e. The normalized spacial score (nSPS) is 22.9. The molecule has 7 nitrogen and oxygen atoms in total. The molecule has 3 heterocycles. The van der Waals surface area contributed by atoms with Gasteiger partial charge in [-0.25, -0.2) is 9.97 Å². The van der Waals surface area contributed by atoms with Gasteiger partial charge in [0.05, 0.1) is 5.92 Å². The fraction of sp³-hybridized carbons (Fsp3) is 0.571. The molecule has 0 spiro atoms. The van der Waals surface area contributed by atoms with Crippen LogP contribution in [0.3, 0.4) is 0 Å². The third kappa shape index (κ3) is 3.12. The summed E-state index contributed by atoms with van der Waals surface area (Å²) in [4.78, 5) is 36.0. The molecule has 7 heteroatoms. The van der Waals surface area contributed by atoms with Gasteiger partial charge in [-0.05, 0) is 12.5 Å². The Morgan fingerprint density at radius 3 is 2.52 bits per heavy atom. The Morgan fingerprint density at radius 2 is 1.90 bits per heavy atom. The first-order valence-corrected chi connectivity index (χ1v) is 7.31. The first-order chi connectivity index (χ1) is 10.2. The lowest BCUT2D eigenvalue weighted by atomic mass is 9.97. The van der Waals surface area contributed by atoms with E-state index >= 15 is 0 Å². The summed E-state index contributed by atoms with van der Waals surface area (Å²) in [6.45, 7) is 3.33. The molecule has 0 bridgehead atoms. The Morgan fingerprint density at radius 1 is 1.19 bits per heavy atom. The molecule has 0 aliphatic carbocycles. The second kappa shape index (κ2) is 6.07. The predicted molar refractivity (Wildman–Crippen MR) is 76.6 cm³/mol. The van der Waals surface area contributed by atoms with E-state index < -0.39 is 0 Å². The fourth-order valence-corrected chi connectivity index (χ4v) is 2.78. The van der Waals surface area contributed by atoms with Crippen LogP contribution in [0.15, 0.2) is 18.5 Å². The maximum absolute atomic E-state index is 12.4. The minimum absolute atomic E-state index is 0.0464. The van der Waals surface area contributed by atoms with Gasteiger partial charge in [0.15, 0.2) is 0 Å². The van der Waals surface area contributed by atoms with E-state index in [0.29, 0.717) is 32.5 Å². The van der Waals surface area contributed by atoms with E-state index in [1.807, 2.05) is 4.90 Å². The topological polar surface area (TPSA) is 78.4 Å². The van der Waals surface area contributed by atoms with Crippen LogP contribution in [-0.4, -0.2) is 59.4 Å². The lowest BCUT2D eigenvalue weighted by Gasteiger charge is -2.37. The van der Waals surface area contributed by atoms with E-state index in [1.165, 1.54) is 0 Å². The van der Waals surface area contributed by atoms with Gasteiger partial charge in [-0.1, -0.05) is 0 Å². The number of nitrogens with zero attached hydrogens (tertiary/aromatic N) is 4. The predicted octanol–water partition coefficient (Wildman–Crippen LogP) is -0.349. The summed E-state index contributed by atoms with van der Waals surface area (Å²) in [5.41, 5.74) is 0. The number of hydrogen-bond acceptors (Lipinski definition) is 5. The molecule has 2 amide bonds. The van der Waals surface area contributed by atoms with Crippen LogP contribution in [0.2, 0.25) is 0 Å². The molecule has 2 fully saturated rings. The number of anilines is 1. The van der Waals surface area contributed by atoms with E-state index in [-0.39, 0.29) is 17.7 Å². The first-order valence-electron chi connectivity index (χ1n) is 7.31. The Balaban J connectivity index is 1.53. The van der Waals surface area contributed by atoms with E-state index in [4.69, 9.17) is 0 Å². The van der Waals surface area contributed by atoms with Gasteiger partial charge in [-0.15, -0.1) is 0 Å². The fourth-order valence-electron chi connectivity index (χ4n) is 2.78. The first kappa shape index (κ1) is 13.8. The number of hydrogen-bond donors (Lipinski definition) is 1. The van der Waals surface area contributed by atoms with E-state index in [9.17, 15) is 9.59 Å². The van der Waals surface area contributed by atoms with Crippen molar-refractivity contribution in [3.05, 3.63) is 18.5 Å². The molecule has 2 aliphatic rings. The average Bonchev–Trinajstić information content (AvgIpc) is 2.56. The Bertz CT molecular complexity index is 503. The molecule has 2 saturated heterocycles. The van der Waals surface area contributed by atoms with Crippen LogP contribution in [-0.2, 0) is 9.59 Å². The maximum Gasteiger partial charge on any atom is 0.227 e. The molecule has 0 radical (unpaired) electrons. The number of amides is 2. The number of carbonyl (C=O) groups is 2. The minimum Gasteiger partial charge on any atom is -0.355 e. The third-order valence-corrected chi connectivity index (χ3v) is 4.04. The molecule has 1 unspecified atom stereocenters. The SMILES string of the molecule is O=C1CCC(C(=O)N2CCN(c3ncccn3)CC2)CN1. The Labute approximate surface area is 123 Å². The van der Waals surface area contributed by atoms with Gasteiger partial charge in [0.25, 0.3) is 0 Å². The van der Waals surface area contributed by atoms with Crippen molar-refractivity contribution in [1.82, 2.24) is 20.2 Å². The summed E-state index contributed by atoms with van der Waals surface area (Å²) >= 11 is 0. The molecule has 1 N–H and O–H groups in total. The lowest BCUT2D eigenvalue weighted by molar-refractivity contribution is -0.137. The maximum atomic E-state index is 12.4. The molecule has 2 aliphatic heterocycles. The van der Waals surface area contributed by atoms with Crippen LogP contribution >= 0.6 is 0 Å². The molecule has 1 aromatic rings. The third-order valence-electron chi connectivity index (χ3n) is 4.04. The second-order valence-electron chi connectivity index (χ2n) is 5.40. The molecule has 1 atom stereocenters. The number of aromatic nitrogens is 2. The van der Waals surface area contributed by atoms with E-state index in [1.54, 1.807) is 18.5 Å². The van der Waals surface area contributed by atoms with Gasteiger partial charge in [0.1, 0.15) is 0 Å². The summed E-state index contributed by atoms with van der Waals surface area (Å²) in [5.74, 6) is 0.852. The zero-order valence-corrected chi connectivity index (χ0v) is 11.9. The summed E-state index contributed by atoms with van der Waals surface area (Å²) in [6, 6.07) is 1.79. The second-order valence-corrected chi connectivity index (χ2v) is 5.40. The summed E-state index contributed by atoms with van der Waals surface area (Å²) in [7, 11) is 0. The largest absolute Gasteiger partial charge is 0.355 e. The van der Waals surface area contributed by atoms with Crippen LogP contribution in [0.25, 0.3) is 0 Å². The van der Waals surface area contributed by atoms with Crippen LogP contribution < -0.4 is 10.2 Å². The van der Waals surface area contributed by atoms with Gasteiger partial charge in [0.2, 0.25) is 17.8 Å². The molecule has 1 aromatic heterocycles. The molecular weight excluding hydrogens is 270 g/mol. The molecule has 112 valence electrons. The number of nitrogens with one attached hydrogen (secondary N) is 1. The van der Waals surface area contributed by atoms with Gasteiger partial charge in [0, 0.05) is 51.5 Å². The summed E-state index contributed by atoms with van der Waals surface area (Å²) in [6.07, 6.45) is 4.57. The van der Waals surface area contributed by atoms with Crippen molar-refractivity contribution in [1.29, 1.82) is 0 Å². The minimum atomic E-state index is -0.0674. The number of piperidine rings is 1. The van der Waals surface area contributed by atoms with Crippen LogP contribution in [0.5, 0.6) is 0 Å². The van der Waals surface area contributed by atoms with E-state index in [2.05, 4.69) is 20.2 Å². The Kier molecular flexibility index (Phi) is 3.98. The highest BCUT2D eigenvalue weighted by atomic mass is 16.2. The highest BCUT2D eigenvalue weighted by molar-refractivity contribution is 5.83. The van der Waals surface area contributed by atoms with Crippen LogP contribution in [0.4, 0.5) is 5.95 Å². The molecule has 3 rings (SSSR count). The van der Waals surface area contributed by atoms with Crippen LogP contribution in [0, 0.1) is 5.92 Å². The van der Waals surface area contributed by atoms with E-state index in [0.717, 1.165) is 19.0 Å². The monoisotopic (exact) mass is 289 g/mol. The summed E-state index contributed by atoms with van der Waals surface area (Å²) < 4.78 is 0. The highest BCUT2D eigenvalue weighted by Crippen LogP contribution is 2.16. The van der Waals surface area contributed by atoms with Crippen LogP contribution in [0.1, 0.15) is 12.8 Å². The van der Waals surface area contributed by atoms with Crippen molar-refractivity contribution in [2.45, 2.75) is 12.8 Å². The molecule has 0 saturated carbocycles. The zero-order chi connectivity index (χ0) is 14.7. The van der Waals surface area contributed by atoms with Gasteiger partial charge in [-0.2, -0.15) is 0 Å². The van der Waals surface area contributed by atoms with Crippen molar-refractivity contribution < 1.29 is 9.59 Å². The lowest BCUT2D eigenvalue weighted by Crippen LogP contribution is -2.53.